The minimum atomic E-state index is -5.08. The molecule has 1 aliphatic carbocycles. The minimum absolute atomic E-state index is 0.0230. The van der Waals surface area contributed by atoms with E-state index in [1.54, 1.807) is 26.0 Å². The van der Waals surface area contributed by atoms with Crippen molar-refractivity contribution in [2.75, 3.05) is 18.8 Å². The van der Waals surface area contributed by atoms with Crippen LogP contribution in [0.4, 0.5) is 13.2 Å². The molecule has 2 aromatic carbocycles. The van der Waals surface area contributed by atoms with Crippen LogP contribution in [-0.2, 0) is 37.4 Å². The number of halogens is 3. The van der Waals surface area contributed by atoms with E-state index in [0.29, 0.717) is 18.0 Å². The lowest BCUT2D eigenvalue weighted by molar-refractivity contribution is -0.192. The Labute approximate surface area is 234 Å². The highest BCUT2D eigenvalue weighted by molar-refractivity contribution is 7.91. The quantitative estimate of drug-likeness (QED) is 0.449. The van der Waals surface area contributed by atoms with E-state index in [-0.39, 0.29) is 17.1 Å². The van der Waals surface area contributed by atoms with Crippen molar-refractivity contribution >= 4 is 29.0 Å². The van der Waals surface area contributed by atoms with Gasteiger partial charge in [-0.25, -0.2) is 4.79 Å². The van der Waals surface area contributed by atoms with Crippen molar-refractivity contribution in [3.8, 4) is 0 Å². The van der Waals surface area contributed by atoms with Gasteiger partial charge in [0.2, 0.25) is 11.8 Å². The number of amides is 2. The Morgan fingerprint density at radius 3 is 2.15 bits per heavy atom. The molecule has 1 saturated heterocycles. The molecule has 2 aromatic rings. The molecule has 40 heavy (non-hydrogen) atoms. The van der Waals surface area contributed by atoms with E-state index in [9.17, 15) is 27.3 Å². The molecule has 4 N–H and O–H groups in total. The molecule has 1 spiro atoms. The SMILES string of the molecule is CC(C)(N)C(=O)NC(C[S+]([O-])c1ccccc1)C(=O)N1CCC2(CCc3ccccc32)CC1.O=C(O)C(F)(F)F. The summed E-state index contributed by atoms with van der Waals surface area (Å²) >= 11 is -1.42. The Hall–Kier alpha value is -3.09. The fourth-order valence-corrected chi connectivity index (χ4v) is 6.18. The topological polar surface area (TPSA) is 136 Å². The first-order chi connectivity index (χ1) is 18.6. The van der Waals surface area contributed by atoms with Crippen LogP contribution in [0.25, 0.3) is 0 Å². The number of hydrogen-bond acceptors (Lipinski definition) is 5. The maximum atomic E-state index is 13.5. The van der Waals surface area contributed by atoms with Gasteiger partial charge in [-0.1, -0.05) is 42.5 Å². The van der Waals surface area contributed by atoms with E-state index in [0.717, 1.165) is 25.7 Å². The number of hydrogen-bond donors (Lipinski definition) is 3. The van der Waals surface area contributed by atoms with Gasteiger partial charge < -0.3 is 25.6 Å². The van der Waals surface area contributed by atoms with Crippen LogP contribution in [-0.4, -0.2) is 68.9 Å². The lowest BCUT2D eigenvalue weighted by Crippen LogP contribution is -2.59. The second kappa shape index (κ2) is 12.6. The second-order valence-corrected chi connectivity index (χ2v) is 12.1. The van der Waals surface area contributed by atoms with Crippen molar-refractivity contribution in [2.24, 2.45) is 5.73 Å². The zero-order valence-corrected chi connectivity index (χ0v) is 23.2. The van der Waals surface area contributed by atoms with Gasteiger partial charge in [0, 0.05) is 13.1 Å². The molecule has 4 rings (SSSR count). The number of rotatable bonds is 6. The van der Waals surface area contributed by atoms with Crippen molar-refractivity contribution in [1.29, 1.82) is 0 Å². The number of likely N-dealkylation sites (tertiary alicyclic amines) is 1. The van der Waals surface area contributed by atoms with Crippen LogP contribution < -0.4 is 11.1 Å². The number of nitrogens with zero attached hydrogens (tertiary/aromatic N) is 1. The van der Waals surface area contributed by atoms with Crippen LogP contribution in [0.15, 0.2) is 59.5 Å². The van der Waals surface area contributed by atoms with Crippen LogP contribution >= 0.6 is 0 Å². The van der Waals surface area contributed by atoms with Gasteiger partial charge >= 0.3 is 12.1 Å². The lowest BCUT2D eigenvalue weighted by Gasteiger charge is -2.41. The van der Waals surface area contributed by atoms with Gasteiger partial charge in [0.1, 0.15) is 5.75 Å². The number of carbonyl (C=O) groups excluding carboxylic acids is 2. The number of aryl methyl sites for hydroxylation is 1. The molecule has 8 nitrogen and oxygen atoms in total. The van der Waals surface area contributed by atoms with Crippen LogP contribution in [0.3, 0.4) is 0 Å². The van der Waals surface area contributed by atoms with Gasteiger partial charge in [-0.15, -0.1) is 0 Å². The third-order valence-corrected chi connectivity index (χ3v) is 8.68. The van der Waals surface area contributed by atoms with E-state index < -0.39 is 40.8 Å². The summed E-state index contributed by atoms with van der Waals surface area (Å²) in [6.45, 7) is 4.45. The van der Waals surface area contributed by atoms with E-state index >= 15 is 0 Å². The fourth-order valence-electron chi connectivity index (χ4n) is 5.00. The van der Waals surface area contributed by atoms with Gasteiger partial charge in [-0.3, -0.25) is 9.59 Å². The summed E-state index contributed by atoms with van der Waals surface area (Å²) in [6.07, 6.45) is -1.07. The highest BCUT2D eigenvalue weighted by atomic mass is 32.2. The molecule has 2 atom stereocenters. The van der Waals surface area contributed by atoms with Crippen molar-refractivity contribution in [1.82, 2.24) is 10.2 Å². The molecule has 0 bridgehead atoms. The summed E-state index contributed by atoms with van der Waals surface area (Å²) in [6, 6.07) is 16.8. The summed E-state index contributed by atoms with van der Waals surface area (Å²) in [5, 5.41) is 9.91. The zero-order chi connectivity index (χ0) is 29.7. The number of carbonyl (C=O) groups is 3. The molecule has 2 unspecified atom stereocenters. The highest BCUT2D eigenvalue weighted by Crippen LogP contribution is 2.46. The minimum Gasteiger partial charge on any atom is -0.611 e. The number of aliphatic carboxylic acids is 1. The van der Waals surface area contributed by atoms with Crippen molar-refractivity contribution in [2.45, 2.75) is 67.6 Å². The van der Waals surface area contributed by atoms with Crippen LogP contribution in [0.5, 0.6) is 0 Å². The molecule has 2 amide bonds. The number of nitrogens with one attached hydrogen (secondary N) is 1. The number of carboxylic acid groups (broad SMARTS) is 1. The number of carboxylic acids is 1. The molecular weight excluding hydrogens is 547 g/mol. The van der Waals surface area contributed by atoms with Crippen LogP contribution in [0.2, 0.25) is 0 Å². The molecule has 1 aliphatic heterocycles. The lowest BCUT2D eigenvalue weighted by atomic mass is 9.74. The normalized spacial score (nSPS) is 17.7. The predicted molar refractivity (Wildman–Crippen MR) is 144 cm³/mol. The highest BCUT2D eigenvalue weighted by Gasteiger charge is 2.43. The number of benzene rings is 2. The van der Waals surface area contributed by atoms with Crippen LogP contribution in [0, 0.1) is 0 Å². The van der Waals surface area contributed by atoms with Gasteiger partial charge in [0.25, 0.3) is 0 Å². The van der Waals surface area contributed by atoms with E-state index in [2.05, 4.69) is 29.6 Å². The van der Waals surface area contributed by atoms with Crippen molar-refractivity contribution < 1.29 is 37.2 Å². The first-order valence-corrected chi connectivity index (χ1v) is 14.2. The smallest absolute Gasteiger partial charge is 0.490 e. The molecule has 1 fully saturated rings. The van der Waals surface area contributed by atoms with Gasteiger partial charge in [0.05, 0.1) is 5.54 Å². The molecule has 2 aliphatic rings. The first kappa shape index (κ1) is 31.4. The Morgan fingerprint density at radius 2 is 1.60 bits per heavy atom. The Morgan fingerprint density at radius 1 is 1.05 bits per heavy atom. The summed E-state index contributed by atoms with van der Waals surface area (Å²) < 4.78 is 44.7. The zero-order valence-electron chi connectivity index (χ0n) is 22.4. The number of fused-ring (bicyclic) bond motifs is 2. The number of nitrogens with two attached hydrogens (primary N) is 1. The second-order valence-electron chi connectivity index (χ2n) is 10.6. The third-order valence-electron chi connectivity index (χ3n) is 7.25. The molecule has 218 valence electrons. The van der Waals surface area contributed by atoms with E-state index in [1.807, 2.05) is 23.1 Å². The van der Waals surface area contributed by atoms with Gasteiger partial charge in [-0.2, -0.15) is 13.2 Å². The number of alkyl halides is 3. The molecule has 12 heteroatoms. The summed E-state index contributed by atoms with van der Waals surface area (Å²) in [5.41, 5.74) is 7.81. The fraction of sp³-hybridized carbons (Fsp3) is 0.464. The van der Waals surface area contributed by atoms with Gasteiger partial charge in [0.15, 0.2) is 10.9 Å². The van der Waals surface area contributed by atoms with Crippen molar-refractivity contribution in [3.63, 3.8) is 0 Å². The molecule has 1 heterocycles. The number of piperidine rings is 1. The standard InChI is InChI=1S/C26H33N3O3S.C2HF3O2/c1-25(2,27)24(31)28-22(18-33(32)20-9-4-3-5-10-20)23(30)29-16-14-26(15-17-29)13-12-19-8-6-7-11-21(19)26;3-2(4,5)1(6)7/h3-11,22H,12-18,27H2,1-2H3,(H,28,31);(H,6,7). The Kier molecular flexibility index (Phi) is 9.91. The monoisotopic (exact) mass is 581 g/mol. The largest absolute Gasteiger partial charge is 0.611 e. The maximum absolute atomic E-state index is 13.5. The molecule has 0 aromatic heterocycles. The van der Waals surface area contributed by atoms with E-state index in [4.69, 9.17) is 15.6 Å². The van der Waals surface area contributed by atoms with Crippen LogP contribution in [0.1, 0.15) is 44.2 Å². The summed E-state index contributed by atoms with van der Waals surface area (Å²) in [5.74, 6) is -3.34. The summed E-state index contributed by atoms with van der Waals surface area (Å²) in [4.78, 5) is 37.5. The first-order valence-electron chi connectivity index (χ1n) is 12.8. The van der Waals surface area contributed by atoms with E-state index in [1.165, 1.54) is 11.1 Å². The average molecular weight is 582 g/mol. The predicted octanol–water partition coefficient (Wildman–Crippen LogP) is 3.16. The van der Waals surface area contributed by atoms with Gasteiger partial charge in [-0.05, 0) is 79.4 Å². The third kappa shape index (κ3) is 7.76. The molecule has 0 saturated carbocycles. The molecule has 0 radical (unpaired) electrons. The average Bonchev–Trinajstić information content (AvgIpc) is 3.26. The summed E-state index contributed by atoms with van der Waals surface area (Å²) in [7, 11) is 0. The Bertz CT molecular complexity index is 1200. The van der Waals surface area contributed by atoms with Crippen molar-refractivity contribution in [3.05, 3.63) is 65.7 Å². The molecular formula is C28H34F3N3O5S. The maximum Gasteiger partial charge on any atom is 0.490 e. The Balaban J connectivity index is 0.000000559.